The van der Waals surface area contributed by atoms with Crippen LogP contribution in [-0.2, 0) is 4.79 Å². The van der Waals surface area contributed by atoms with Gasteiger partial charge in [-0.15, -0.1) is 0 Å². The zero-order valence-corrected chi connectivity index (χ0v) is 12.1. The molecule has 1 aromatic carbocycles. The molecule has 0 heterocycles. The van der Waals surface area contributed by atoms with Gasteiger partial charge in [0.05, 0.1) is 12.5 Å². The summed E-state index contributed by atoms with van der Waals surface area (Å²) in [4.78, 5) is 11.4. The van der Waals surface area contributed by atoms with Crippen molar-refractivity contribution >= 4 is 5.97 Å². The number of benzene rings is 1. The van der Waals surface area contributed by atoms with Crippen LogP contribution in [0.25, 0.3) is 0 Å². The van der Waals surface area contributed by atoms with Crippen LogP contribution in [0.3, 0.4) is 0 Å². The van der Waals surface area contributed by atoms with Crippen LogP contribution in [0.15, 0.2) is 24.3 Å². The van der Waals surface area contributed by atoms with Crippen molar-refractivity contribution in [1.82, 2.24) is 0 Å². The summed E-state index contributed by atoms with van der Waals surface area (Å²) >= 11 is 0. The fourth-order valence-corrected chi connectivity index (χ4v) is 1.99. The van der Waals surface area contributed by atoms with Crippen molar-refractivity contribution in [3.63, 3.8) is 0 Å². The molecule has 0 aliphatic rings. The van der Waals surface area contributed by atoms with Gasteiger partial charge in [0, 0.05) is 0 Å². The highest BCUT2D eigenvalue weighted by Gasteiger charge is 2.22. The molecule has 0 radical (unpaired) electrons. The summed E-state index contributed by atoms with van der Waals surface area (Å²) < 4.78 is 5.56. The summed E-state index contributed by atoms with van der Waals surface area (Å²) in [5.41, 5.74) is 0.835. The van der Waals surface area contributed by atoms with Crippen LogP contribution in [0.5, 0.6) is 5.75 Å². The molecular weight excluding hydrogens is 240 g/mol. The molecule has 0 aliphatic heterocycles. The van der Waals surface area contributed by atoms with Crippen molar-refractivity contribution in [3.05, 3.63) is 29.8 Å². The normalized spacial score (nSPS) is 13.8. The van der Waals surface area contributed by atoms with Crippen LogP contribution in [0.1, 0.15) is 51.5 Å². The molecule has 0 spiro atoms. The third kappa shape index (κ3) is 4.93. The first-order chi connectivity index (χ1) is 9.08. The molecule has 3 heteroatoms. The van der Waals surface area contributed by atoms with Crippen molar-refractivity contribution in [2.75, 3.05) is 6.61 Å². The Morgan fingerprint density at radius 1 is 1.37 bits per heavy atom. The Kier molecular flexibility index (Phi) is 6.40. The Bertz CT molecular complexity index is 401. The molecule has 0 saturated carbocycles. The maximum Gasteiger partial charge on any atom is 0.310 e. The van der Waals surface area contributed by atoms with Gasteiger partial charge in [0.15, 0.2) is 0 Å². The first kappa shape index (κ1) is 15.5. The van der Waals surface area contributed by atoms with E-state index in [-0.39, 0.29) is 0 Å². The largest absolute Gasteiger partial charge is 0.494 e. The van der Waals surface area contributed by atoms with E-state index < -0.39 is 11.9 Å². The lowest BCUT2D eigenvalue weighted by molar-refractivity contribution is -0.139. The van der Waals surface area contributed by atoms with E-state index in [1.807, 2.05) is 31.2 Å². The fourth-order valence-electron chi connectivity index (χ4n) is 1.99. The zero-order valence-electron chi connectivity index (χ0n) is 12.1. The Labute approximate surface area is 115 Å². The van der Waals surface area contributed by atoms with Crippen molar-refractivity contribution in [3.8, 4) is 5.75 Å². The van der Waals surface area contributed by atoms with Crippen LogP contribution in [0, 0.1) is 5.92 Å². The Hall–Kier alpha value is -1.51. The van der Waals surface area contributed by atoms with Crippen LogP contribution < -0.4 is 4.74 Å². The minimum Gasteiger partial charge on any atom is -0.494 e. The molecule has 106 valence electrons. The van der Waals surface area contributed by atoms with Gasteiger partial charge in [-0.3, -0.25) is 4.79 Å². The molecule has 3 nitrogen and oxygen atoms in total. The summed E-state index contributed by atoms with van der Waals surface area (Å²) in [6.07, 6.45) is 2.61. The average Bonchev–Trinajstić information content (AvgIpc) is 2.42. The first-order valence-electron chi connectivity index (χ1n) is 7.04. The lowest BCUT2D eigenvalue weighted by atomic mass is 9.88. The molecule has 0 saturated heterocycles. The molecule has 2 atom stereocenters. The number of carboxylic acids is 1. The number of carboxylic acid groups (broad SMARTS) is 1. The monoisotopic (exact) mass is 264 g/mol. The van der Waals surface area contributed by atoms with Crippen molar-refractivity contribution < 1.29 is 14.6 Å². The van der Waals surface area contributed by atoms with E-state index in [1.165, 1.54) is 0 Å². The lowest BCUT2D eigenvalue weighted by Crippen LogP contribution is -2.15. The third-order valence-electron chi connectivity index (χ3n) is 3.37. The van der Waals surface area contributed by atoms with Gasteiger partial charge in [-0.1, -0.05) is 39.3 Å². The second kappa shape index (κ2) is 7.82. The molecule has 19 heavy (non-hydrogen) atoms. The SMILES string of the molecule is CCCOc1cccc(C(CC(C)CC)C(=O)O)c1. The maximum absolute atomic E-state index is 11.4. The first-order valence-corrected chi connectivity index (χ1v) is 7.04. The molecule has 0 fully saturated rings. The molecule has 0 aliphatic carbocycles. The standard InChI is InChI=1S/C16H24O3/c1-4-9-19-14-8-6-7-13(11-14)15(16(17)18)10-12(3)5-2/h6-8,11-12,15H,4-5,9-10H2,1-3H3,(H,17,18). The quantitative estimate of drug-likeness (QED) is 0.769. The fraction of sp³-hybridized carbons (Fsp3) is 0.562. The van der Waals surface area contributed by atoms with Crippen molar-refractivity contribution in [2.45, 2.75) is 46.0 Å². The van der Waals surface area contributed by atoms with E-state index in [9.17, 15) is 9.90 Å². The second-order valence-electron chi connectivity index (χ2n) is 5.06. The van der Waals surface area contributed by atoms with Crippen LogP contribution in [0.4, 0.5) is 0 Å². The van der Waals surface area contributed by atoms with E-state index in [0.717, 1.165) is 24.2 Å². The van der Waals surface area contributed by atoms with Crippen molar-refractivity contribution in [2.24, 2.45) is 5.92 Å². The summed E-state index contributed by atoms with van der Waals surface area (Å²) in [5, 5.41) is 9.40. The van der Waals surface area contributed by atoms with Gasteiger partial charge in [0.25, 0.3) is 0 Å². The van der Waals surface area contributed by atoms with Crippen LogP contribution >= 0.6 is 0 Å². The lowest BCUT2D eigenvalue weighted by Gasteiger charge is -2.17. The Morgan fingerprint density at radius 3 is 2.68 bits per heavy atom. The highest BCUT2D eigenvalue weighted by atomic mass is 16.5. The van der Waals surface area contributed by atoms with Gasteiger partial charge >= 0.3 is 5.97 Å². The zero-order chi connectivity index (χ0) is 14.3. The molecular formula is C16H24O3. The van der Waals surface area contributed by atoms with E-state index in [0.29, 0.717) is 18.9 Å². The number of rotatable bonds is 8. The molecule has 1 aromatic rings. The molecule has 1 rings (SSSR count). The van der Waals surface area contributed by atoms with E-state index in [4.69, 9.17) is 4.74 Å². The maximum atomic E-state index is 11.4. The third-order valence-corrected chi connectivity index (χ3v) is 3.37. The van der Waals surface area contributed by atoms with E-state index in [2.05, 4.69) is 13.8 Å². The van der Waals surface area contributed by atoms with Gasteiger partial charge in [0.1, 0.15) is 5.75 Å². The minimum atomic E-state index is -0.757. The molecule has 0 amide bonds. The number of carbonyl (C=O) groups is 1. The number of hydrogen-bond donors (Lipinski definition) is 1. The van der Waals surface area contributed by atoms with Crippen LogP contribution in [-0.4, -0.2) is 17.7 Å². The molecule has 0 bridgehead atoms. The molecule has 0 aromatic heterocycles. The summed E-state index contributed by atoms with van der Waals surface area (Å²) in [7, 11) is 0. The Morgan fingerprint density at radius 2 is 2.11 bits per heavy atom. The predicted molar refractivity (Wildman–Crippen MR) is 76.7 cm³/mol. The Balaban J connectivity index is 2.86. The van der Waals surface area contributed by atoms with E-state index in [1.54, 1.807) is 0 Å². The van der Waals surface area contributed by atoms with Crippen LogP contribution in [0.2, 0.25) is 0 Å². The summed E-state index contributed by atoms with van der Waals surface area (Å²) in [6.45, 7) is 6.89. The van der Waals surface area contributed by atoms with Gasteiger partial charge < -0.3 is 9.84 Å². The van der Waals surface area contributed by atoms with Crippen molar-refractivity contribution in [1.29, 1.82) is 0 Å². The van der Waals surface area contributed by atoms with E-state index >= 15 is 0 Å². The second-order valence-corrected chi connectivity index (χ2v) is 5.06. The van der Waals surface area contributed by atoms with Gasteiger partial charge in [-0.2, -0.15) is 0 Å². The van der Waals surface area contributed by atoms with Gasteiger partial charge in [0.2, 0.25) is 0 Å². The number of hydrogen-bond acceptors (Lipinski definition) is 2. The molecule has 2 unspecified atom stereocenters. The topological polar surface area (TPSA) is 46.5 Å². The average molecular weight is 264 g/mol. The predicted octanol–water partition coefficient (Wildman–Crippen LogP) is 4.08. The minimum absolute atomic E-state index is 0.404. The highest BCUT2D eigenvalue weighted by Crippen LogP contribution is 2.28. The molecule has 1 N–H and O–H groups in total. The smallest absolute Gasteiger partial charge is 0.310 e. The summed E-state index contributed by atoms with van der Waals surface area (Å²) in [6, 6.07) is 7.48. The highest BCUT2D eigenvalue weighted by molar-refractivity contribution is 5.76. The number of aliphatic carboxylic acids is 1. The summed E-state index contributed by atoms with van der Waals surface area (Å²) in [5.74, 6) is -0.0378. The van der Waals surface area contributed by atoms with Gasteiger partial charge in [-0.25, -0.2) is 0 Å². The van der Waals surface area contributed by atoms with Gasteiger partial charge in [-0.05, 0) is 36.5 Å². The number of ether oxygens (including phenoxy) is 1.